The zero-order chi connectivity index (χ0) is 15.6. The molecule has 2 aromatic carbocycles. The lowest BCUT2D eigenvalue weighted by Crippen LogP contribution is -2.32. The molecule has 4 heteroatoms. The Morgan fingerprint density at radius 2 is 2.00 bits per heavy atom. The first kappa shape index (κ1) is 14.5. The van der Waals surface area contributed by atoms with Crippen LogP contribution in [0.15, 0.2) is 42.5 Å². The van der Waals surface area contributed by atoms with Crippen LogP contribution >= 0.6 is 0 Å². The second-order valence-corrected chi connectivity index (χ2v) is 6.17. The lowest BCUT2D eigenvalue weighted by molar-refractivity contribution is 0.0635. The predicted octanol–water partition coefficient (Wildman–Crippen LogP) is 3.21. The molecule has 0 radical (unpaired) electrons. The maximum atomic E-state index is 5.95. The van der Waals surface area contributed by atoms with Crippen LogP contribution in [0.25, 0.3) is 0 Å². The summed E-state index contributed by atoms with van der Waals surface area (Å²) in [6.45, 7) is 3.92. The van der Waals surface area contributed by atoms with Gasteiger partial charge >= 0.3 is 0 Å². The molecule has 4 rings (SSSR count). The highest BCUT2D eigenvalue weighted by atomic mass is 16.7. The molecule has 0 fully saturated rings. The summed E-state index contributed by atoms with van der Waals surface area (Å²) in [6, 6.07) is 15.0. The Morgan fingerprint density at radius 1 is 1.13 bits per heavy atom. The molecular formula is C19H21NO3. The van der Waals surface area contributed by atoms with Crippen molar-refractivity contribution in [2.75, 3.05) is 13.3 Å². The van der Waals surface area contributed by atoms with E-state index in [0.717, 1.165) is 30.0 Å². The summed E-state index contributed by atoms with van der Waals surface area (Å²) in [7, 11) is 0. The average molecular weight is 311 g/mol. The van der Waals surface area contributed by atoms with E-state index in [4.69, 9.17) is 14.2 Å². The van der Waals surface area contributed by atoms with Gasteiger partial charge in [-0.1, -0.05) is 36.4 Å². The Morgan fingerprint density at radius 3 is 2.87 bits per heavy atom. The Kier molecular flexibility index (Phi) is 3.93. The van der Waals surface area contributed by atoms with Gasteiger partial charge in [-0.3, -0.25) is 0 Å². The van der Waals surface area contributed by atoms with Crippen molar-refractivity contribution in [3.05, 3.63) is 59.2 Å². The summed E-state index contributed by atoms with van der Waals surface area (Å²) < 4.78 is 17.0. The highest BCUT2D eigenvalue weighted by Crippen LogP contribution is 2.44. The predicted molar refractivity (Wildman–Crippen MR) is 87.7 cm³/mol. The number of fused-ring (bicyclic) bond motifs is 3. The number of ether oxygens (including phenoxy) is 3. The number of hydrogen-bond acceptors (Lipinski definition) is 4. The van der Waals surface area contributed by atoms with Crippen molar-refractivity contribution in [3.63, 3.8) is 0 Å². The van der Waals surface area contributed by atoms with Gasteiger partial charge in [0, 0.05) is 18.2 Å². The standard InChI is InChI=1S/C19H21NO3/c1-13(9-14-5-3-2-4-6-14)20-10-18-15-7-8-17-19(23-12-22-17)16(15)11-21-18/h2-8,13,18,20H,9-12H2,1H3. The van der Waals surface area contributed by atoms with Crippen LogP contribution in [0.2, 0.25) is 0 Å². The molecule has 0 amide bonds. The van der Waals surface area contributed by atoms with Crippen LogP contribution in [-0.4, -0.2) is 19.4 Å². The first-order valence-electron chi connectivity index (χ1n) is 8.11. The van der Waals surface area contributed by atoms with E-state index in [-0.39, 0.29) is 6.10 Å². The Labute approximate surface area is 136 Å². The van der Waals surface area contributed by atoms with Crippen molar-refractivity contribution >= 4 is 0 Å². The van der Waals surface area contributed by atoms with Gasteiger partial charge in [-0.25, -0.2) is 0 Å². The largest absolute Gasteiger partial charge is 0.454 e. The van der Waals surface area contributed by atoms with E-state index in [9.17, 15) is 0 Å². The zero-order valence-corrected chi connectivity index (χ0v) is 13.2. The molecule has 1 N–H and O–H groups in total. The van der Waals surface area contributed by atoms with E-state index in [1.807, 2.05) is 6.07 Å². The summed E-state index contributed by atoms with van der Waals surface area (Å²) in [5.41, 5.74) is 3.71. The Hall–Kier alpha value is -2.04. The van der Waals surface area contributed by atoms with E-state index in [2.05, 4.69) is 48.6 Å². The lowest BCUT2D eigenvalue weighted by atomic mass is 10.0. The minimum atomic E-state index is 0.0812. The number of hydrogen-bond donors (Lipinski definition) is 1. The van der Waals surface area contributed by atoms with Crippen molar-refractivity contribution in [3.8, 4) is 11.5 Å². The Bertz CT molecular complexity index is 687. The molecular weight excluding hydrogens is 290 g/mol. The van der Waals surface area contributed by atoms with Crippen LogP contribution in [0, 0.1) is 0 Å². The third-order valence-electron chi connectivity index (χ3n) is 4.49. The summed E-state index contributed by atoms with van der Waals surface area (Å²) >= 11 is 0. The van der Waals surface area contributed by atoms with Crippen LogP contribution in [-0.2, 0) is 17.8 Å². The molecule has 2 unspecified atom stereocenters. The first-order chi connectivity index (χ1) is 11.3. The van der Waals surface area contributed by atoms with Crippen LogP contribution in [0.4, 0.5) is 0 Å². The minimum Gasteiger partial charge on any atom is -0.454 e. The van der Waals surface area contributed by atoms with E-state index in [0.29, 0.717) is 19.4 Å². The van der Waals surface area contributed by atoms with E-state index in [1.165, 1.54) is 11.1 Å². The van der Waals surface area contributed by atoms with Gasteiger partial charge in [0.15, 0.2) is 11.5 Å². The molecule has 2 aliphatic heterocycles. The highest BCUT2D eigenvalue weighted by Gasteiger charge is 2.30. The number of benzene rings is 2. The lowest BCUT2D eigenvalue weighted by Gasteiger charge is -2.18. The molecule has 2 heterocycles. The topological polar surface area (TPSA) is 39.7 Å². The molecule has 0 aromatic heterocycles. The molecule has 2 aromatic rings. The molecule has 0 aliphatic carbocycles. The maximum absolute atomic E-state index is 5.95. The zero-order valence-electron chi connectivity index (χ0n) is 13.2. The minimum absolute atomic E-state index is 0.0812. The normalized spacial score (nSPS) is 19.6. The molecule has 2 atom stereocenters. The van der Waals surface area contributed by atoms with Gasteiger partial charge < -0.3 is 19.5 Å². The maximum Gasteiger partial charge on any atom is 0.231 e. The fraction of sp³-hybridized carbons (Fsp3) is 0.368. The van der Waals surface area contributed by atoms with Gasteiger partial charge in [-0.2, -0.15) is 0 Å². The first-order valence-corrected chi connectivity index (χ1v) is 8.11. The molecule has 2 aliphatic rings. The van der Waals surface area contributed by atoms with Gasteiger partial charge in [0.2, 0.25) is 6.79 Å². The Balaban J connectivity index is 1.38. The second kappa shape index (κ2) is 6.22. The van der Waals surface area contributed by atoms with Gasteiger partial charge in [0.05, 0.1) is 12.7 Å². The average Bonchev–Trinajstić information content (AvgIpc) is 3.20. The van der Waals surface area contributed by atoms with E-state index >= 15 is 0 Å². The molecule has 0 saturated heterocycles. The number of nitrogens with one attached hydrogen (secondary N) is 1. The summed E-state index contributed by atoms with van der Waals surface area (Å²) in [6.07, 6.45) is 1.10. The van der Waals surface area contributed by atoms with Crippen LogP contribution in [0.3, 0.4) is 0 Å². The van der Waals surface area contributed by atoms with Gasteiger partial charge in [-0.15, -0.1) is 0 Å². The van der Waals surface area contributed by atoms with E-state index in [1.54, 1.807) is 0 Å². The molecule has 0 spiro atoms. The van der Waals surface area contributed by atoms with E-state index < -0.39 is 0 Å². The smallest absolute Gasteiger partial charge is 0.231 e. The van der Waals surface area contributed by atoms with Crippen molar-refractivity contribution < 1.29 is 14.2 Å². The van der Waals surface area contributed by atoms with Crippen LogP contribution < -0.4 is 14.8 Å². The fourth-order valence-electron chi connectivity index (χ4n) is 3.29. The molecule has 0 saturated carbocycles. The van der Waals surface area contributed by atoms with Gasteiger partial charge in [0.25, 0.3) is 0 Å². The van der Waals surface area contributed by atoms with Crippen molar-refractivity contribution in [2.45, 2.75) is 32.1 Å². The monoisotopic (exact) mass is 311 g/mol. The third kappa shape index (κ3) is 2.92. The number of rotatable bonds is 5. The molecule has 0 bridgehead atoms. The fourth-order valence-corrected chi connectivity index (χ4v) is 3.29. The summed E-state index contributed by atoms with van der Waals surface area (Å²) in [5, 5.41) is 3.58. The van der Waals surface area contributed by atoms with Crippen LogP contribution in [0.1, 0.15) is 29.7 Å². The van der Waals surface area contributed by atoms with Gasteiger partial charge in [-0.05, 0) is 30.5 Å². The summed E-state index contributed by atoms with van der Waals surface area (Å²) in [5.74, 6) is 1.70. The SMILES string of the molecule is CC(Cc1ccccc1)NCC1OCc2c1ccc1c2OCO1. The quantitative estimate of drug-likeness (QED) is 0.920. The second-order valence-electron chi connectivity index (χ2n) is 6.17. The third-order valence-corrected chi connectivity index (χ3v) is 4.49. The molecule has 23 heavy (non-hydrogen) atoms. The molecule has 120 valence electrons. The van der Waals surface area contributed by atoms with Crippen molar-refractivity contribution in [1.82, 2.24) is 5.32 Å². The van der Waals surface area contributed by atoms with Crippen molar-refractivity contribution in [1.29, 1.82) is 0 Å². The summed E-state index contributed by atoms with van der Waals surface area (Å²) in [4.78, 5) is 0. The van der Waals surface area contributed by atoms with Crippen LogP contribution in [0.5, 0.6) is 11.5 Å². The van der Waals surface area contributed by atoms with Gasteiger partial charge in [0.1, 0.15) is 0 Å². The van der Waals surface area contributed by atoms with Crippen molar-refractivity contribution in [2.24, 2.45) is 0 Å². The highest BCUT2D eigenvalue weighted by molar-refractivity contribution is 5.53. The molecule has 4 nitrogen and oxygen atoms in total.